The molecule has 0 atom stereocenters. The second-order valence-corrected chi connectivity index (χ2v) is 5.52. The molecule has 2 heterocycles. The molecule has 6 nitrogen and oxygen atoms in total. The van der Waals surface area contributed by atoms with Gasteiger partial charge in [-0.2, -0.15) is 5.10 Å². The Morgan fingerprint density at radius 3 is 2.89 bits per heavy atom. The van der Waals surface area contributed by atoms with Crippen molar-refractivity contribution in [2.45, 2.75) is 52.6 Å². The number of aryl methyl sites for hydroxylation is 1. The number of nitrogens with one attached hydrogen (secondary N) is 1. The van der Waals surface area contributed by atoms with E-state index < -0.39 is 0 Å². The van der Waals surface area contributed by atoms with Crippen LogP contribution < -0.4 is 11.0 Å². The Balaban J connectivity index is 2.05. The first-order valence-electron chi connectivity index (χ1n) is 7.01. The number of aromatic nitrogens is 3. The maximum atomic E-state index is 12.1. The van der Waals surface area contributed by atoms with Crippen molar-refractivity contribution in [1.29, 1.82) is 0 Å². The Hall–Kier alpha value is -1.59. The first-order valence-corrected chi connectivity index (χ1v) is 7.01. The number of nitrogens with zero attached hydrogens (tertiary/aromatic N) is 3. The fraction of sp³-hybridized carbons (Fsp3) is 0.769. The van der Waals surface area contributed by atoms with Crippen molar-refractivity contribution in [1.82, 2.24) is 19.7 Å². The third-order valence-corrected chi connectivity index (χ3v) is 3.28. The molecule has 1 N–H and O–H groups in total. The number of carbonyl (C=O) groups is 1. The summed E-state index contributed by atoms with van der Waals surface area (Å²) in [4.78, 5) is 23.9. The summed E-state index contributed by atoms with van der Waals surface area (Å²) >= 11 is 0. The zero-order chi connectivity index (χ0) is 13.8. The Morgan fingerprint density at radius 1 is 1.37 bits per heavy atom. The summed E-state index contributed by atoms with van der Waals surface area (Å²) < 4.78 is 3.00. The average molecular weight is 266 g/mol. The van der Waals surface area contributed by atoms with Crippen LogP contribution in [0.25, 0.3) is 0 Å². The van der Waals surface area contributed by atoms with Crippen molar-refractivity contribution in [3.63, 3.8) is 0 Å². The van der Waals surface area contributed by atoms with E-state index in [9.17, 15) is 9.59 Å². The molecule has 2 rings (SSSR count). The Labute approximate surface area is 112 Å². The molecule has 0 aromatic carbocycles. The van der Waals surface area contributed by atoms with E-state index in [1.54, 1.807) is 4.57 Å². The molecule has 0 spiro atoms. The van der Waals surface area contributed by atoms with E-state index in [1.165, 1.54) is 4.68 Å². The van der Waals surface area contributed by atoms with Crippen LogP contribution in [-0.4, -0.2) is 26.8 Å². The van der Waals surface area contributed by atoms with Crippen LogP contribution in [-0.2, 0) is 24.3 Å². The first-order chi connectivity index (χ1) is 9.08. The third-order valence-electron chi connectivity index (χ3n) is 3.28. The van der Waals surface area contributed by atoms with Crippen molar-refractivity contribution in [2.24, 2.45) is 5.92 Å². The summed E-state index contributed by atoms with van der Waals surface area (Å²) in [7, 11) is 0. The molecule has 1 aromatic rings. The normalized spacial score (nSPS) is 15.1. The summed E-state index contributed by atoms with van der Waals surface area (Å²) in [5.74, 6) is 1.07. The Bertz CT molecular complexity index is 501. The smallest absolute Gasteiger partial charge is 0.346 e. The summed E-state index contributed by atoms with van der Waals surface area (Å²) in [6.45, 7) is 5.44. The van der Waals surface area contributed by atoms with Crippen LogP contribution in [0.4, 0.5) is 0 Å². The largest absolute Gasteiger partial charge is 0.354 e. The molecule has 1 aromatic heterocycles. The number of carbonyl (C=O) groups excluding carboxylic acids is 1. The van der Waals surface area contributed by atoms with Crippen LogP contribution >= 0.6 is 0 Å². The minimum absolute atomic E-state index is 0.0194. The van der Waals surface area contributed by atoms with Crippen LogP contribution in [0.5, 0.6) is 0 Å². The van der Waals surface area contributed by atoms with E-state index in [1.807, 2.05) is 13.8 Å². The monoisotopic (exact) mass is 266 g/mol. The molecule has 1 amide bonds. The van der Waals surface area contributed by atoms with Crippen LogP contribution in [0.15, 0.2) is 4.79 Å². The number of hydrogen-bond acceptors (Lipinski definition) is 3. The molecule has 0 bridgehead atoms. The van der Waals surface area contributed by atoms with Crippen LogP contribution in [0, 0.1) is 5.92 Å². The van der Waals surface area contributed by atoms with Gasteiger partial charge in [-0.3, -0.25) is 9.36 Å². The highest BCUT2D eigenvalue weighted by Gasteiger charge is 2.17. The van der Waals surface area contributed by atoms with Gasteiger partial charge in [-0.1, -0.05) is 20.3 Å². The van der Waals surface area contributed by atoms with Gasteiger partial charge in [-0.05, 0) is 18.8 Å². The highest BCUT2D eigenvalue weighted by Crippen LogP contribution is 2.10. The zero-order valence-corrected chi connectivity index (χ0v) is 11.7. The van der Waals surface area contributed by atoms with Crippen LogP contribution in [0.1, 0.15) is 38.9 Å². The molecule has 0 radical (unpaired) electrons. The van der Waals surface area contributed by atoms with Gasteiger partial charge in [0, 0.05) is 19.5 Å². The summed E-state index contributed by atoms with van der Waals surface area (Å²) in [6.07, 6.45) is 4.04. The molecule has 0 saturated carbocycles. The fourth-order valence-electron chi connectivity index (χ4n) is 2.24. The zero-order valence-electron chi connectivity index (χ0n) is 11.7. The molecule has 1 aliphatic heterocycles. The molecular formula is C13H22N4O2. The van der Waals surface area contributed by atoms with Gasteiger partial charge in [0.1, 0.15) is 12.4 Å². The van der Waals surface area contributed by atoms with Gasteiger partial charge in [-0.15, -0.1) is 0 Å². The minimum Gasteiger partial charge on any atom is -0.354 e. The second-order valence-electron chi connectivity index (χ2n) is 5.52. The highest BCUT2D eigenvalue weighted by atomic mass is 16.2. The van der Waals surface area contributed by atoms with Crippen LogP contribution in [0.3, 0.4) is 0 Å². The summed E-state index contributed by atoms with van der Waals surface area (Å²) in [5.41, 5.74) is -0.156. The van der Waals surface area contributed by atoms with E-state index in [2.05, 4.69) is 10.4 Å². The molecule has 0 saturated heterocycles. The summed E-state index contributed by atoms with van der Waals surface area (Å²) in [6, 6.07) is 0. The predicted octanol–water partition coefficient (Wildman–Crippen LogP) is 0.543. The molecule has 19 heavy (non-hydrogen) atoms. The lowest BCUT2D eigenvalue weighted by Gasteiger charge is -2.06. The van der Waals surface area contributed by atoms with Crippen molar-refractivity contribution in [2.75, 3.05) is 6.54 Å². The highest BCUT2D eigenvalue weighted by molar-refractivity contribution is 5.75. The molecule has 1 aliphatic rings. The van der Waals surface area contributed by atoms with Crippen molar-refractivity contribution < 1.29 is 4.79 Å². The third kappa shape index (κ3) is 3.45. The number of fused-ring (bicyclic) bond motifs is 1. The Morgan fingerprint density at radius 2 is 2.16 bits per heavy atom. The van der Waals surface area contributed by atoms with E-state index in [0.717, 1.165) is 38.1 Å². The maximum Gasteiger partial charge on any atom is 0.346 e. The van der Waals surface area contributed by atoms with E-state index in [-0.39, 0.29) is 18.1 Å². The van der Waals surface area contributed by atoms with Gasteiger partial charge < -0.3 is 5.32 Å². The number of rotatable bonds is 4. The standard InChI is InChI=1S/C13H22N4O2/c1-10(2)8-14-12(18)9-17-13(19)16-7-5-3-4-6-11(16)15-17/h10H,3-9H2,1-2H3,(H,14,18). The van der Waals surface area contributed by atoms with Gasteiger partial charge in [0.15, 0.2) is 0 Å². The van der Waals surface area contributed by atoms with E-state index >= 15 is 0 Å². The molecule has 6 heteroatoms. The quantitative estimate of drug-likeness (QED) is 0.865. The van der Waals surface area contributed by atoms with E-state index in [4.69, 9.17) is 0 Å². The number of amides is 1. The molecule has 0 fully saturated rings. The lowest BCUT2D eigenvalue weighted by atomic mass is 10.2. The minimum atomic E-state index is -0.156. The molecule has 106 valence electrons. The Kier molecular flexibility index (Phi) is 4.39. The summed E-state index contributed by atoms with van der Waals surface area (Å²) in [5, 5.41) is 7.09. The lowest BCUT2D eigenvalue weighted by molar-refractivity contribution is -0.122. The van der Waals surface area contributed by atoms with Crippen molar-refractivity contribution >= 4 is 5.91 Å². The van der Waals surface area contributed by atoms with Gasteiger partial charge in [0.2, 0.25) is 5.91 Å². The second kappa shape index (κ2) is 6.04. The number of hydrogen-bond donors (Lipinski definition) is 1. The van der Waals surface area contributed by atoms with E-state index in [0.29, 0.717) is 12.5 Å². The fourth-order valence-corrected chi connectivity index (χ4v) is 2.24. The molecule has 0 aliphatic carbocycles. The SMILES string of the molecule is CC(C)CNC(=O)Cn1nc2n(c1=O)CCCCC2. The van der Waals surface area contributed by atoms with Gasteiger partial charge in [-0.25, -0.2) is 9.48 Å². The molecule has 0 unspecified atom stereocenters. The topological polar surface area (TPSA) is 68.9 Å². The lowest BCUT2D eigenvalue weighted by Crippen LogP contribution is -2.35. The van der Waals surface area contributed by atoms with Crippen molar-refractivity contribution in [3.05, 3.63) is 16.3 Å². The van der Waals surface area contributed by atoms with Gasteiger partial charge >= 0.3 is 5.69 Å². The predicted molar refractivity (Wildman–Crippen MR) is 71.9 cm³/mol. The van der Waals surface area contributed by atoms with Crippen LogP contribution in [0.2, 0.25) is 0 Å². The molecular weight excluding hydrogens is 244 g/mol. The van der Waals surface area contributed by atoms with Gasteiger partial charge in [0.05, 0.1) is 0 Å². The van der Waals surface area contributed by atoms with Crippen molar-refractivity contribution in [3.8, 4) is 0 Å². The average Bonchev–Trinajstić information content (AvgIpc) is 2.56. The first kappa shape index (κ1) is 13.8. The van der Waals surface area contributed by atoms with Gasteiger partial charge in [0.25, 0.3) is 0 Å². The maximum absolute atomic E-state index is 12.1.